The maximum atomic E-state index is 11.6. The minimum atomic E-state index is -0.0846. The molecule has 1 amide bonds. The van der Waals surface area contributed by atoms with Crippen molar-refractivity contribution in [2.45, 2.75) is 25.3 Å². The van der Waals surface area contributed by atoms with Crippen molar-refractivity contribution >= 4 is 5.91 Å². The lowest BCUT2D eigenvalue weighted by molar-refractivity contribution is 0.0946. The Kier molecular flexibility index (Phi) is 3.56. The van der Waals surface area contributed by atoms with Gasteiger partial charge in [0.15, 0.2) is 0 Å². The number of hydrogen-bond acceptors (Lipinski definition) is 3. The molecule has 0 bridgehead atoms. The van der Waals surface area contributed by atoms with Gasteiger partial charge in [0.2, 0.25) is 0 Å². The lowest BCUT2D eigenvalue weighted by Gasteiger charge is -2.09. The molecule has 1 atom stereocenters. The summed E-state index contributed by atoms with van der Waals surface area (Å²) in [5.41, 5.74) is 0.488. The summed E-state index contributed by atoms with van der Waals surface area (Å²) < 4.78 is 1.63. The Hall–Kier alpha value is -1.36. The lowest BCUT2D eigenvalue weighted by atomic mass is 10.1. The maximum Gasteiger partial charge on any atom is 0.271 e. The molecule has 0 spiro atoms. The van der Waals surface area contributed by atoms with Crippen LogP contribution in [0.5, 0.6) is 0 Å². The van der Waals surface area contributed by atoms with Gasteiger partial charge < -0.3 is 10.6 Å². The number of carbonyl (C=O) groups is 1. The Morgan fingerprint density at radius 1 is 1.75 bits per heavy atom. The van der Waals surface area contributed by atoms with Gasteiger partial charge in [-0.2, -0.15) is 5.10 Å². The number of amides is 1. The molecular weight excluding hydrogens is 204 g/mol. The molecular formula is C11H18N4O. The third kappa shape index (κ3) is 2.82. The maximum absolute atomic E-state index is 11.6. The molecule has 1 fully saturated rings. The molecule has 2 N–H and O–H groups in total. The first kappa shape index (κ1) is 11.1. The Morgan fingerprint density at radius 2 is 2.62 bits per heavy atom. The molecule has 0 aliphatic carbocycles. The number of aromatic nitrogens is 2. The van der Waals surface area contributed by atoms with Gasteiger partial charge in [0.05, 0.1) is 0 Å². The van der Waals surface area contributed by atoms with E-state index in [1.807, 2.05) is 0 Å². The van der Waals surface area contributed by atoms with Crippen LogP contribution < -0.4 is 10.6 Å². The summed E-state index contributed by atoms with van der Waals surface area (Å²) in [5, 5.41) is 10.3. The van der Waals surface area contributed by atoms with Crippen LogP contribution in [0.1, 0.15) is 29.8 Å². The SMILES string of the molecule is Cn1ccc(C(=O)NCCC2CCCN2)n1. The first-order chi connectivity index (χ1) is 7.75. The first-order valence-electron chi connectivity index (χ1n) is 5.77. The number of carbonyl (C=O) groups excluding carboxylic acids is 1. The summed E-state index contributed by atoms with van der Waals surface area (Å²) >= 11 is 0. The number of nitrogens with zero attached hydrogens (tertiary/aromatic N) is 2. The molecule has 2 heterocycles. The van der Waals surface area contributed by atoms with Crippen LogP contribution in [-0.2, 0) is 7.05 Å². The van der Waals surface area contributed by atoms with Crippen molar-refractivity contribution in [2.24, 2.45) is 7.05 Å². The Labute approximate surface area is 95.2 Å². The van der Waals surface area contributed by atoms with Crippen LogP contribution >= 0.6 is 0 Å². The molecule has 16 heavy (non-hydrogen) atoms. The molecule has 1 aliphatic rings. The molecule has 5 heteroatoms. The predicted octanol–water partition coefficient (Wildman–Crippen LogP) is 0.292. The second kappa shape index (κ2) is 5.12. The quantitative estimate of drug-likeness (QED) is 0.770. The summed E-state index contributed by atoms with van der Waals surface area (Å²) in [4.78, 5) is 11.6. The van der Waals surface area contributed by atoms with Crippen LogP contribution in [0.4, 0.5) is 0 Å². The second-order valence-corrected chi connectivity index (χ2v) is 4.21. The predicted molar refractivity (Wildman–Crippen MR) is 61.2 cm³/mol. The Balaban J connectivity index is 1.71. The molecule has 1 aromatic rings. The third-order valence-corrected chi connectivity index (χ3v) is 2.89. The van der Waals surface area contributed by atoms with E-state index in [0.717, 1.165) is 13.0 Å². The average molecular weight is 222 g/mol. The van der Waals surface area contributed by atoms with Gasteiger partial charge in [0.1, 0.15) is 5.69 Å². The van der Waals surface area contributed by atoms with E-state index in [1.165, 1.54) is 12.8 Å². The fraction of sp³-hybridized carbons (Fsp3) is 0.636. The number of nitrogens with one attached hydrogen (secondary N) is 2. The zero-order valence-electron chi connectivity index (χ0n) is 9.57. The number of rotatable bonds is 4. The van der Waals surface area contributed by atoms with E-state index >= 15 is 0 Å². The Morgan fingerprint density at radius 3 is 3.25 bits per heavy atom. The Bertz CT molecular complexity index is 355. The molecule has 0 aromatic carbocycles. The minimum absolute atomic E-state index is 0.0846. The monoisotopic (exact) mass is 222 g/mol. The molecule has 1 aliphatic heterocycles. The fourth-order valence-electron chi connectivity index (χ4n) is 1.99. The molecule has 1 unspecified atom stereocenters. The average Bonchev–Trinajstić information content (AvgIpc) is 2.89. The van der Waals surface area contributed by atoms with E-state index in [-0.39, 0.29) is 5.91 Å². The van der Waals surface area contributed by atoms with Crippen LogP contribution in [0.25, 0.3) is 0 Å². The number of aryl methyl sites for hydroxylation is 1. The highest BCUT2D eigenvalue weighted by Gasteiger charge is 2.14. The molecule has 5 nitrogen and oxygen atoms in total. The van der Waals surface area contributed by atoms with Crippen molar-refractivity contribution in [1.29, 1.82) is 0 Å². The topological polar surface area (TPSA) is 59.0 Å². The molecule has 0 saturated carbocycles. The third-order valence-electron chi connectivity index (χ3n) is 2.89. The summed E-state index contributed by atoms with van der Waals surface area (Å²) in [6.07, 6.45) is 5.24. The van der Waals surface area contributed by atoms with Crippen molar-refractivity contribution in [3.05, 3.63) is 18.0 Å². The zero-order valence-corrected chi connectivity index (χ0v) is 9.57. The van der Waals surface area contributed by atoms with Crippen molar-refractivity contribution in [1.82, 2.24) is 20.4 Å². The highest BCUT2D eigenvalue weighted by atomic mass is 16.1. The molecule has 2 rings (SSSR count). The van der Waals surface area contributed by atoms with Gasteiger partial charge >= 0.3 is 0 Å². The van der Waals surface area contributed by atoms with E-state index < -0.39 is 0 Å². The fourth-order valence-corrected chi connectivity index (χ4v) is 1.99. The molecule has 1 saturated heterocycles. The van der Waals surface area contributed by atoms with Crippen molar-refractivity contribution in [2.75, 3.05) is 13.1 Å². The van der Waals surface area contributed by atoms with Gasteiger partial charge in [-0.3, -0.25) is 9.48 Å². The molecule has 0 radical (unpaired) electrons. The normalized spacial score (nSPS) is 19.9. The summed E-state index contributed by atoms with van der Waals surface area (Å²) in [5.74, 6) is -0.0846. The smallest absolute Gasteiger partial charge is 0.271 e. The van der Waals surface area contributed by atoms with E-state index in [9.17, 15) is 4.79 Å². The molecule has 1 aromatic heterocycles. The van der Waals surface area contributed by atoms with Crippen molar-refractivity contribution < 1.29 is 4.79 Å². The van der Waals surface area contributed by atoms with E-state index in [4.69, 9.17) is 0 Å². The van der Waals surface area contributed by atoms with E-state index in [1.54, 1.807) is 24.0 Å². The summed E-state index contributed by atoms with van der Waals surface area (Å²) in [6, 6.07) is 2.30. The standard InChI is InChI=1S/C11H18N4O/c1-15-8-5-10(14-15)11(16)13-7-4-9-3-2-6-12-9/h5,8-9,12H,2-4,6-7H2,1H3,(H,13,16). The van der Waals surface area contributed by atoms with E-state index in [2.05, 4.69) is 15.7 Å². The van der Waals surface area contributed by atoms with Gasteiger partial charge in [0, 0.05) is 25.8 Å². The van der Waals surface area contributed by atoms with Gasteiger partial charge in [0.25, 0.3) is 5.91 Å². The van der Waals surface area contributed by atoms with Crippen LogP contribution in [-0.4, -0.2) is 34.8 Å². The summed E-state index contributed by atoms with van der Waals surface area (Å²) in [6.45, 7) is 1.83. The van der Waals surface area contributed by atoms with Gasteiger partial charge in [-0.15, -0.1) is 0 Å². The zero-order chi connectivity index (χ0) is 11.4. The highest BCUT2D eigenvalue weighted by molar-refractivity contribution is 5.92. The van der Waals surface area contributed by atoms with Crippen LogP contribution in [0, 0.1) is 0 Å². The van der Waals surface area contributed by atoms with Gasteiger partial charge in [-0.25, -0.2) is 0 Å². The van der Waals surface area contributed by atoms with Gasteiger partial charge in [-0.05, 0) is 31.9 Å². The van der Waals surface area contributed by atoms with Gasteiger partial charge in [-0.1, -0.05) is 0 Å². The van der Waals surface area contributed by atoms with Crippen molar-refractivity contribution in [3.8, 4) is 0 Å². The summed E-state index contributed by atoms with van der Waals surface area (Å²) in [7, 11) is 1.80. The minimum Gasteiger partial charge on any atom is -0.351 e. The molecule has 88 valence electrons. The lowest BCUT2D eigenvalue weighted by Crippen LogP contribution is -2.30. The van der Waals surface area contributed by atoms with E-state index in [0.29, 0.717) is 18.3 Å². The largest absolute Gasteiger partial charge is 0.351 e. The van der Waals surface area contributed by atoms with Crippen LogP contribution in [0.3, 0.4) is 0 Å². The first-order valence-corrected chi connectivity index (χ1v) is 5.77. The van der Waals surface area contributed by atoms with Crippen LogP contribution in [0.15, 0.2) is 12.3 Å². The number of hydrogen-bond donors (Lipinski definition) is 2. The second-order valence-electron chi connectivity index (χ2n) is 4.21. The highest BCUT2D eigenvalue weighted by Crippen LogP contribution is 2.07. The van der Waals surface area contributed by atoms with Crippen LogP contribution in [0.2, 0.25) is 0 Å². The van der Waals surface area contributed by atoms with Crippen molar-refractivity contribution in [3.63, 3.8) is 0 Å².